The van der Waals surface area contributed by atoms with E-state index < -0.39 is 0 Å². The van der Waals surface area contributed by atoms with Crippen LogP contribution in [0.4, 0.5) is 0 Å². The van der Waals surface area contributed by atoms with Crippen LogP contribution in [0.2, 0.25) is 0 Å². The fourth-order valence-electron chi connectivity index (χ4n) is 4.40. The molecule has 2 saturated heterocycles. The number of hydrogen-bond acceptors (Lipinski definition) is 3. The first-order chi connectivity index (χ1) is 11.6. The van der Waals surface area contributed by atoms with Crippen molar-refractivity contribution in [1.29, 1.82) is 0 Å². The first-order valence-electron chi connectivity index (χ1n) is 8.76. The van der Waals surface area contributed by atoms with Crippen molar-refractivity contribution in [1.82, 2.24) is 19.4 Å². The Morgan fingerprint density at radius 1 is 1.12 bits per heavy atom. The molecule has 6 heteroatoms. The number of hydrogen-bond donors (Lipinski definition) is 1. The minimum absolute atomic E-state index is 0.0874. The summed E-state index contributed by atoms with van der Waals surface area (Å²) in [6.45, 7) is 1.96. The van der Waals surface area contributed by atoms with Gasteiger partial charge in [-0.15, -0.1) is 0 Å². The third-order valence-corrected chi connectivity index (χ3v) is 5.73. The SMILES string of the molecule is CN1CCCC1C1CCCN1C(=O)c1ccc2c(c1)[nH]c(=O)n2C. The van der Waals surface area contributed by atoms with Gasteiger partial charge < -0.3 is 14.8 Å². The van der Waals surface area contributed by atoms with Crippen molar-refractivity contribution >= 4 is 16.9 Å². The lowest BCUT2D eigenvalue weighted by molar-refractivity contribution is 0.0664. The van der Waals surface area contributed by atoms with Crippen molar-refractivity contribution in [2.24, 2.45) is 7.05 Å². The van der Waals surface area contributed by atoms with E-state index in [0.29, 0.717) is 17.6 Å². The van der Waals surface area contributed by atoms with Gasteiger partial charge in [-0.2, -0.15) is 0 Å². The molecule has 0 aliphatic carbocycles. The second kappa shape index (κ2) is 5.77. The quantitative estimate of drug-likeness (QED) is 0.910. The van der Waals surface area contributed by atoms with E-state index in [1.54, 1.807) is 11.6 Å². The minimum Gasteiger partial charge on any atom is -0.334 e. The smallest absolute Gasteiger partial charge is 0.326 e. The van der Waals surface area contributed by atoms with Crippen LogP contribution >= 0.6 is 0 Å². The zero-order chi connectivity index (χ0) is 16.8. The van der Waals surface area contributed by atoms with Crippen LogP contribution in [0.3, 0.4) is 0 Å². The Labute approximate surface area is 141 Å². The predicted molar refractivity (Wildman–Crippen MR) is 93.3 cm³/mol. The highest BCUT2D eigenvalue weighted by Crippen LogP contribution is 2.30. The largest absolute Gasteiger partial charge is 0.334 e. The Bertz CT molecular complexity index is 837. The van der Waals surface area contributed by atoms with E-state index in [2.05, 4.69) is 21.8 Å². The van der Waals surface area contributed by atoms with Gasteiger partial charge in [0, 0.05) is 31.2 Å². The zero-order valence-corrected chi connectivity index (χ0v) is 14.3. The molecule has 0 saturated carbocycles. The van der Waals surface area contributed by atoms with Crippen molar-refractivity contribution in [3.63, 3.8) is 0 Å². The van der Waals surface area contributed by atoms with Crippen LogP contribution in [-0.2, 0) is 7.05 Å². The Balaban J connectivity index is 1.63. The highest BCUT2D eigenvalue weighted by atomic mass is 16.2. The first-order valence-corrected chi connectivity index (χ1v) is 8.76. The maximum atomic E-state index is 13.1. The molecule has 1 amide bonds. The molecule has 2 unspecified atom stereocenters. The van der Waals surface area contributed by atoms with Gasteiger partial charge in [-0.25, -0.2) is 4.79 Å². The van der Waals surface area contributed by atoms with Gasteiger partial charge in [0.25, 0.3) is 5.91 Å². The van der Waals surface area contributed by atoms with Gasteiger partial charge in [0.2, 0.25) is 0 Å². The molecule has 2 aliphatic rings. The third-order valence-electron chi connectivity index (χ3n) is 5.73. The maximum Gasteiger partial charge on any atom is 0.326 e. The molecule has 128 valence electrons. The lowest BCUT2D eigenvalue weighted by Crippen LogP contribution is -2.47. The Morgan fingerprint density at radius 3 is 2.62 bits per heavy atom. The van der Waals surface area contributed by atoms with Crippen LogP contribution in [0.15, 0.2) is 23.0 Å². The third kappa shape index (κ3) is 2.36. The lowest BCUT2D eigenvalue weighted by atomic mass is 10.0. The number of likely N-dealkylation sites (N-methyl/N-ethyl adjacent to an activating group) is 1. The Kier molecular flexibility index (Phi) is 3.72. The molecular formula is C18H24N4O2. The summed E-state index contributed by atoms with van der Waals surface area (Å²) in [6.07, 6.45) is 4.56. The van der Waals surface area contributed by atoms with Crippen molar-refractivity contribution in [2.45, 2.75) is 37.8 Å². The number of benzene rings is 1. The summed E-state index contributed by atoms with van der Waals surface area (Å²) in [4.78, 5) is 32.1. The number of aromatic amines is 1. The Hall–Kier alpha value is -2.08. The van der Waals surface area contributed by atoms with Crippen LogP contribution in [0, 0.1) is 0 Å². The van der Waals surface area contributed by atoms with Gasteiger partial charge in [0.15, 0.2) is 0 Å². The highest BCUT2D eigenvalue weighted by molar-refractivity contribution is 5.97. The molecule has 3 heterocycles. The molecule has 2 aliphatic heterocycles. The fourth-order valence-corrected chi connectivity index (χ4v) is 4.40. The average Bonchev–Trinajstić information content (AvgIpc) is 3.27. The van der Waals surface area contributed by atoms with Crippen LogP contribution in [0.1, 0.15) is 36.0 Å². The number of aromatic nitrogens is 2. The van der Waals surface area contributed by atoms with Crippen LogP contribution in [0.5, 0.6) is 0 Å². The first kappa shape index (κ1) is 15.4. The van der Waals surface area contributed by atoms with E-state index in [9.17, 15) is 9.59 Å². The van der Waals surface area contributed by atoms with Gasteiger partial charge >= 0.3 is 5.69 Å². The van der Waals surface area contributed by atoms with Crippen LogP contribution < -0.4 is 5.69 Å². The maximum absolute atomic E-state index is 13.1. The number of nitrogens with zero attached hydrogens (tertiary/aromatic N) is 3. The van der Waals surface area contributed by atoms with E-state index in [-0.39, 0.29) is 11.6 Å². The summed E-state index contributed by atoms with van der Waals surface area (Å²) in [5.41, 5.74) is 2.06. The predicted octanol–water partition coefficient (Wildman–Crippen LogP) is 1.57. The van der Waals surface area contributed by atoms with Crippen molar-refractivity contribution in [2.75, 3.05) is 20.1 Å². The average molecular weight is 328 g/mol. The number of fused-ring (bicyclic) bond motifs is 1. The van der Waals surface area contributed by atoms with E-state index >= 15 is 0 Å². The molecule has 1 aromatic carbocycles. The molecule has 0 radical (unpaired) electrons. The number of nitrogens with one attached hydrogen (secondary N) is 1. The van der Waals surface area contributed by atoms with Crippen molar-refractivity contribution in [3.05, 3.63) is 34.2 Å². The molecule has 0 spiro atoms. The number of H-pyrrole nitrogens is 1. The van der Waals surface area contributed by atoms with Gasteiger partial charge in [-0.1, -0.05) is 0 Å². The van der Waals surface area contributed by atoms with Gasteiger partial charge in [0.1, 0.15) is 0 Å². The molecule has 0 bridgehead atoms. The van der Waals surface area contributed by atoms with Gasteiger partial charge in [-0.05, 0) is 57.5 Å². The van der Waals surface area contributed by atoms with Gasteiger partial charge in [0.05, 0.1) is 11.0 Å². The van der Waals surface area contributed by atoms with Crippen molar-refractivity contribution < 1.29 is 4.79 Å². The normalized spacial score (nSPS) is 25.0. The highest BCUT2D eigenvalue weighted by Gasteiger charge is 2.38. The second-order valence-corrected chi connectivity index (χ2v) is 7.12. The Morgan fingerprint density at radius 2 is 1.88 bits per heavy atom. The second-order valence-electron chi connectivity index (χ2n) is 7.12. The summed E-state index contributed by atoms with van der Waals surface area (Å²) in [5, 5.41) is 0. The summed E-state index contributed by atoms with van der Waals surface area (Å²) in [6, 6.07) is 6.30. The molecule has 1 N–H and O–H groups in total. The molecule has 2 fully saturated rings. The van der Waals surface area contributed by atoms with E-state index in [1.807, 2.05) is 18.2 Å². The fraction of sp³-hybridized carbons (Fsp3) is 0.556. The van der Waals surface area contributed by atoms with E-state index in [1.165, 1.54) is 12.8 Å². The number of imidazole rings is 1. The molecular weight excluding hydrogens is 304 g/mol. The van der Waals surface area contributed by atoms with Crippen LogP contribution in [-0.4, -0.2) is 57.5 Å². The van der Waals surface area contributed by atoms with Gasteiger partial charge in [-0.3, -0.25) is 9.36 Å². The lowest BCUT2D eigenvalue weighted by Gasteiger charge is -2.33. The summed E-state index contributed by atoms with van der Waals surface area (Å²) in [5.74, 6) is 0.0874. The summed E-state index contributed by atoms with van der Waals surface area (Å²) in [7, 11) is 3.90. The molecule has 6 nitrogen and oxygen atoms in total. The minimum atomic E-state index is -0.152. The number of aryl methyl sites for hydroxylation is 1. The number of carbonyl (C=O) groups excluding carboxylic acids is 1. The van der Waals surface area contributed by atoms with Crippen molar-refractivity contribution in [3.8, 4) is 0 Å². The number of likely N-dealkylation sites (tertiary alicyclic amines) is 2. The summed E-state index contributed by atoms with van der Waals surface area (Å²) < 4.78 is 1.57. The molecule has 1 aromatic heterocycles. The van der Waals surface area contributed by atoms with E-state index in [4.69, 9.17) is 0 Å². The molecule has 24 heavy (non-hydrogen) atoms. The standard InChI is InChI=1S/C18H24N4O2/c1-20-9-3-5-15(20)16-6-4-10-22(16)17(23)12-7-8-14-13(11-12)19-18(24)21(14)2/h7-8,11,15-16H,3-6,9-10H2,1-2H3,(H,19,24). The number of rotatable bonds is 2. The zero-order valence-electron chi connectivity index (χ0n) is 14.3. The molecule has 2 atom stereocenters. The number of carbonyl (C=O) groups is 1. The number of amides is 1. The monoisotopic (exact) mass is 328 g/mol. The topological polar surface area (TPSA) is 61.3 Å². The summed E-state index contributed by atoms with van der Waals surface area (Å²) >= 11 is 0. The molecule has 2 aromatic rings. The van der Waals surface area contributed by atoms with Crippen LogP contribution in [0.25, 0.3) is 11.0 Å². The van der Waals surface area contributed by atoms with E-state index in [0.717, 1.165) is 37.0 Å². The molecule has 4 rings (SSSR count).